The van der Waals surface area contributed by atoms with Crippen molar-refractivity contribution in [3.05, 3.63) is 66.2 Å². The molecule has 0 bridgehead atoms. The Hall–Kier alpha value is -2.62. The maximum atomic E-state index is 12.9. The van der Waals surface area contributed by atoms with Crippen LogP contribution < -0.4 is 10.2 Å². The number of para-hydroxylation sites is 1. The minimum Gasteiger partial charge on any atom is -0.344 e. The Balaban J connectivity index is 1.77. The standard InChI is InChI=1S/C20H22N2O2/c1-22(17-10-6-3-7-11-17)20(24)18(21-19(23)16-12-13-16)14-15-8-4-2-5-9-15/h2-11,16,18H,12-14H2,1H3,(H,21,23)/t18-/m0/s1. The number of likely N-dealkylation sites (N-methyl/N-ethyl adjacent to an activating group) is 1. The van der Waals surface area contributed by atoms with Gasteiger partial charge in [-0.05, 0) is 30.5 Å². The van der Waals surface area contributed by atoms with E-state index >= 15 is 0 Å². The summed E-state index contributed by atoms with van der Waals surface area (Å²) in [5, 5.41) is 2.95. The number of benzene rings is 2. The van der Waals surface area contributed by atoms with E-state index in [2.05, 4.69) is 5.32 Å². The summed E-state index contributed by atoms with van der Waals surface area (Å²) in [6.45, 7) is 0. The monoisotopic (exact) mass is 322 g/mol. The number of carbonyl (C=O) groups excluding carboxylic acids is 2. The van der Waals surface area contributed by atoms with Crippen LogP contribution in [0.15, 0.2) is 60.7 Å². The van der Waals surface area contributed by atoms with Gasteiger partial charge in [-0.3, -0.25) is 9.59 Å². The first-order valence-electron chi connectivity index (χ1n) is 8.32. The van der Waals surface area contributed by atoms with Crippen LogP contribution in [0.3, 0.4) is 0 Å². The second kappa shape index (κ2) is 7.30. The fourth-order valence-corrected chi connectivity index (χ4v) is 2.70. The second-order valence-corrected chi connectivity index (χ2v) is 6.26. The zero-order valence-corrected chi connectivity index (χ0v) is 13.8. The van der Waals surface area contributed by atoms with Crippen LogP contribution in [0.2, 0.25) is 0 Å². The first-order chi connectivity index (χ1) is 11.6. The van der Waals surface area contributed by atoms with Crippen molar-refractivity contribution >= 4 is 17.5 Å². The third kappa shape index (κ3) is 4.02. The Morgan fingerprint density at radius 3 is 2.21 bits per heavy atom. The van der Waals surface area contributed by atoms with Gasteiger partial charge in [0.1, 0.15) is 6.04 Å². The lowest BCUT2D eigenvalue weighted by Crippen LogP contribution is -2.49. The molecular weight excluding hydrogens is 300 g/mol. The minimum atomic E-state index is -0.550. The first-order valence-corrected chi connectivity index (χ1v) is 8.32. The largest absolute Gasteiger partial charge is 0.344 e. The van der Waals surface area contributed by atoms with E-state index in [0.717, 1.165) is 24.1 Å². The van der Waals surface area contributed by atoms with Gasteiger partial charge in [0.2, 0.25) is 11.8 Å². The molecule has 4 heteroatoms. The average Bonchev–Trinajstić information content (AvgIpc) is 3.47. The van der Waals surface area contributed by atoms with Crippen LogP contribution in [0.4, 0.5) is 5.69 Å². The molecule has 0 unspecified atom stereocenters. The Morgan fingerprint density at radius 1 is 1.04 bits per heavy atom. The summed E-state index contributed by atoms with van der Waals surface area (Å²) in [6.07, 6.45) is 2.34. The fourth-order valence-electron chi connectivity index (χ4n) is 2.70. The number of anilines is 1. The molecule has 0 heterocycles. The predicted octanol–water partition coefficient (Wildman–Crippen LogP) is 2.79. The van der Waals surface area contributed by atoms with Crippen molar-refractivity contribution in [2.24, 2.45) is 5.92 Å². The summed E-state index contributed by atoms with van der Waals surface area (Å²) in [7, 11) is 1.75. The van der Waals surface area contributed by atoms with Crippen molar-refractivity contribution in [1.29, 1.82) is 0 Å². The van der Waals surface area contributed by atoms with Crippen LogP contribution in [0.1, 0.15) is 18.4 Å². The minimum absolute atomic E-state index is 0.00857. The lowest BCUT2D eigenvalue weighted by Gasteiger charge is -2.25. The second-order valence-electron chi connectivity index (χ2n) is 6.26. The van der Waals surface area contributed by atoms with Gasteiger partial charge in [0.25, 0.3) is 0 Å². The van der Waals surface area contributed by atoms with Gasteiger partial charge >= 0.3 is 0 Å². The van der Waals surface area contributed by atoms with Crippen LogP contribution in [0, 0.1) is 5.92 Å². The predicted molar refractivity (Wildman–Crippen MR) is 94.7 cm³/mol. The molecule has 0 spiro atoms. The number of rotatable bonds is 6. The molecule has 0 aliphatic heterocycles. The summed E-state index contributed by atoms with van der Waals surface area (Å²) in [5.41, 5.74) is 1.86. The molecule has 0 radical (unpaired) electrons. The van der Waals surface area contributed by atoms with Crippen LogP contribution in [0.25, 0.3) is 0 Å². The molecule has 1 N–H and O–H groups in total. The van der Waals surface area contributed by atoms with E-state index in [9.17, 15) is 9.59 Å². The van der Waals surface area contributed by atoms with Gasteiger partial charge in [-0.15, -0.1) is 0 Å². The number of nitrogens with zero attached hydrogens (tertiary/aromatic N) is 1. The van der Waals surface area contributed by atoms with Gasteiger partial charge in [-0.2, -0.15) is 0 Å². The van der Waals surface area contributed by atoms with Gasteiger partial charge in [0, 0.05) is 25.1 Å². The average molecular weight is 322 g/mol. The smallest absolute Gasteiger partial charge is 0.249 e. The molecule has 2 amide bonds. The molecule has 0 saturated heterocycles. The highest BCUT2D eigenvalue weighted by Gasteiger charge is 2.33. The lowest BCUT2D eigenvalue weighted by atomic mass is 10.0. The maximum Gasteiger partial charge on any atom is 0.249 e. The quantitative estimate of drug-likeness (QED) is 0.889. The highest BCUT2D eigenvalue weighted by molar-refractivity contribution is 5.99. The fraction of sp³-hybridized carbons (Fsp3) is 0.300. The van der Waals surface area contributed by atoms with E-state index in [0.29, 0.717) is 6.42 Å². The van der Waals surface area contributed by atoms with Crippen molar-refractivity contribution in [3.8, 4) is 0 Å². The van der Waals surface area contributed by atoms with Crippen LogP contribution >= 0.6 is 0 Å². The molecule has 1 atom stereocenters. The number of carbonyl (C=O) groups is 2. The lowest BCUT2D eigenvalue weighted by molar-refractivity contribution is -0.128. The van der Waals surface area contributed by atoms with E-state index in [-0.39, 0.29) is 17.7 Å². The van der Waals surface area contributed by atoms with E-state index < -0.39 is 6.04 Å². The van der Waals surface area contributed by atoms with Crippen molar-refractivity contribution in [3.63, 3.8) is 0 Å². The first kappa shape index (κ1) is 16.2. The van der Waals surface area contributed by atoms with Crippen molar-refractivity contribution in [2.75, 3.05) is 11.9 Å². The molecule has 3 rings (SSSR count). The molecule has 0 aromatic heterocycles. The van der Waals surface area contributed by atoms with Crippen LogP contribution in [-0.2, 0) is 16.0 Å². The summed E-state index contributed by atoms with van der Waals surface area (Å²) in [6, 6.07) is 18.7. The topological polar surface area (TPSA) is 49.4 Å². The van der Waals surface area contributed by atoms with Gasteiger partial charge < -0.3 is 10.2 Å². The van der Waals surface area contributed by atoms with E-state index in [1.165, 1.54) is 0 Å². The summed E-state index contributed by atoms with van der Waals surface area (Å²) >= 11 is 0. The van der Waals surface area contributed by atoms with Gasteiger partial charge in [-0.1, -0.05) is 48.5 Å². The maximum absolute atomic E-state index is 12.9. The third-order valence-corrected chi connectivity index (χ3v) is 4.32. The number of hydrogen-bond acceptors (Lipinski definition) is 2. The van der Waals surface area contributed by atoms with Crippen LogP contribution in [-0.4, -0.2) is 24.9 Å². The normalized spacial score (nSPS) is 14.7. The van der Waals surface area contributed by atoms with Crippen LogP contribution in [0.5, 0.6) is 0 Å². The molecule has 24 heavy (non-hydrogen) atoms. The van der Waals surface area contributed by atoms with Gasteiger partial charge in [-0.25, -0.2) is 0 Å². The summed E-state index contributed by atoms with van der Waals surface area (Å²) in [4.78, 5) is 26.7. The highest BCUT2D eigenvalue weighted by atomic mass is 16.2. The molecule has 1 saturated carbocycles. The zero-order valence-electron chi connectivity index (χ0n) is 13.8. The number of hydrogen-bond donors (Lipinski definition) is 1. The number of nitrogens with one attached hydrogen (secondary N) is 1. The van der Waals surface area contributed by atoms with Crippen molar-refractivity contribution in [2.45, 2.75) is 25.3 Å². The molecule has 1 aliphatic rings. The zero-order chi connectivity index (χ0) is 16.9. The van der Waals surface area contributed by atoms with E-state index in [4.69, 9.17) is 0 Å². The van der Waals surface area contributed by atoms with Crippen molar-refractivity contribution < 1.29 is 9.59 Å². The summed E-state index contributed by atoms with van der Waals surface area (Å²) < 4.78 is 0. The molecule has 4 nitrogen and oxygen atoms in total. The Morgan fingerprint density at radius 2 is 1.62 bits per heavy atom. The van der Waals surface area contributed by atoms with Gasteiger partial charge in [0.05, 0.1) is 0 Å². The molecular formula is C20H22N2O2. The number of amides is 2. The molecule has 1 fully saturated rings. The SMILES string of the molecule is CN(C(=O)[C@H](Cc1ccccc1)NC(=O)C1CC1)c1ccccc1. The van der Waals surface area contributed by atoms with E-state index in [1.807, 2.05) is 60.7 Å². The summed E-state index contributed by atoms with van der Waals surface area (Å²) in [5.74, 6) is -0.0251. The highest BCUT2D eigenvalue weighted by Crippen LogP contribution is 2.29. The Bertz CT molecular complexity index is 696. The van der Waals surface area contributed by atoms with Crippen molar-refractivity contribution in [1.82, 2.24) is 5.32 Å². The Labute approximate surface area is 142 Å². The molecule has 124 valence electrons. The third-order valence-electron chi connectivity index (χ3n) is 4.32. The van der Waals surface area contributed by atoms with E-state index in [1.54, 1.807) is 11.9 Å². The molecule has 2 aromatic rings. The van der Waals surface area contributed by atoms with Gasteiger partial charge in [0.15, 0.2) is 0 Å². The molecule has 2 aromatic carbocycles. The Kier molecular flexibility index (Phi) is 4.94. The molecule has 1 aliphatic carbocycles.